The highest BCUT2D eigenvalue weighted by Crippen LogP contribution is 2.42. The summed E-state index contributed by atoms with van der Waals surface area (Å²) in [5.41, 5.74) is 6.02. The van der Waals surface area contributed by atoms with Crippen molar-refractivity contribution in [3.63, 3.8) is 0 Å². The molecule has 1 aliphatic heterocycles. The molecule has 2 aliphatic rings. The maximum absolute atomic E-state index is 13.6. The summed E-state index contributed by atoms with van der Waals surface area (Å²) in [6.45, 7) is 0.144. The Morgan fingerprint density at radius 2 is 1.59 bits per heavy atom. The number of carbonyl (C=O) groups excluding carboxylic acids is 3. The zero-order valence-corrected chi connectivity index (χ0v) is 16.5. The molecule has 0 unspecified atom stereocenters. The molecule has 1 amide bonds. The molecule has 3 aromatic carbocycles. The second-order valence-corrected chi connectivity index (χ2v) is 7.40. The molecule has 8 nitrogen and oxygen atoms in total. The first-order valence-corrected chi connectivity index (χ1v) is 9.68. The van der Waals surface area contributed by atoms with Crippen LogP contribution in [0.2, 0.25) is 0 Å². The average molecular weight is 428 g/mol. The lowest BCUT2D eigenvalue weighted by atomic mass is 9.89. The number of ether oxygens (including phenoxy) is 1. The first-order chi connectivity index (χ1) is 15.4. The van der Waals surface area contributed by atoms with Gasteiger partial charge in [0.2, 0.25) is 23.2 Å². The summed E-state index contributed by atoms with van der Waals surface area (Å²) in [5.74, 6) is -2.86. The Balaban J connectivity index is 1.79. The van der Waals surface area contributed by atoms with Gasteiger partial charge in [-0.05, 0) is 36.4 Å². The van der Waals surface area contributed by atoms with E-state index in [4.69, 9.17) is 10.5 Å². The second kappa shape index (κ2) is 6.98. The first-order valence-electron chi connectivity index (χ1n) is 9.68. The third kappa shape index (κ3) is 2.81. The first kappa shape index (κ1) is 19.4. The molecular weight excluding hydrogens is 412 g/mol. The molecule has 0 saturated carbocycles. The molecule has 8 heteroatoms. The Morgan fingerprint density at radius 3 is 2.31 bits per heavy atom. The summed E-state index contributed by atoms with van der Waals surface area (Å²) < 4.78 is 5.91. The molecule has 0 bridgehead atoms. The van der Waals surface area contributed by atoms with Crippen molar-refractivity contribution < 1.29 is 29.3 Å². The van der Waals surface area contributed by atoms with Gasteiger partial charge < -0.3 is 25.6 Å². The minimum atomic E-state index is -0.740. The van der Waals surface area contributed by atoms with E-state index in [2.05, 4.69) is 0 Å². The minimum Gasteiger partial charge on any atom is -0.507 e. The SMILES string of the molecule is NC(=O)c1cccc(N2Cc3ccccc3OC3=C2C(=O)c2c(O)ccc(O)c2C3=O)c1. The number of benzene rings is 3. The van der Waals surface area contributed by atoms with Crippen LogP contribution in [0.25, 0.3) is 0 Å². The van der Waals surface area contributed by atoms with Crippen molar-refractivity contribution in [2.45, 2.75) is 6.54 Å². The van der Waals surface area contributed by atoms with Crippen molar-refractivity contribution in [1.82, 2.24) is 0 Å². The third-order valence-electron chi connectivity index (χ3n) is 5.48. The van der Waals surface area contributed by atoms with Gasteiger partial charge in [0.15, 0.2) is 0 Å². The number of phenols is 2. The fourth-order valence-electron chi connectivity index (χ4n) is 3.96. The molecule has 1 heterocycles. The number of anilines is 1. The fraction of sp³-hybridized carbons (Fsp3) is 0.0417. The van der Waals surface area contributed by atoms with Crippen molar-refractivity contribution in [3.05, 3.63) is 94.4 Å². The minimum absolute atomic E-state index is 0.110. The molecule has 0 spiro atoms. The van der Waals surface area contributed by atoms with Gasteiger partial charge in [0.25, 0.3) is 0 Å². The summed E-state index contributed by atoms with van der Waals surface area (Å²) in [5, 5.41) is 20.6. The summed E-state index contributed by atoms with van der Waals surface area (Å²) in [6.07, 6.45) is 0. The standard InChI is InChI=1S/C24H16N2O6/c25-24(31)12-5-3-6-14(10-12)26-11-13-4-1-2-7-17(13)32-23-20(26)21(29)18-15(27)8-9-16(28)19(18)22(23)30/h1-10,27-28H,11H2,(H2,25,31). The lowest BCUT2D eigenvalue weighted by molar-refractivity contribution is 0.0931. The van der Waals surface area contributed by atoms with Crippen LogP contribution in [-0.4, -0.2) is 27.7 Å². The van der Waals surface area contributed by atoms with E-state index in [1.54, 1.807) is 41.3 Å². The van der Waals surface area contributed by atoms with Gasteiger partial charge in [-0.3, -0.25) is 14.4 Å². The van der Waals surface area contributed by atoms with Crippen LogP contribution in [0, 0.1) is 0 Å². The third-order valence-corrected chi connectivity index (χ3v) is 5.48. The number of primary amides is 1. The van der Waals surface area contributed by atoms with Crippen molar-refractivity contribution in [3.8, 4) is 17.2 Å². The van der Waals surface area contributed by atoms with Crippen LogP contribution in [0.4, 0.5) is 5.69 Å². The van der Waals surface area contributed by atoms with Gasteiger partial charge in [0, 0.05) is 16.8 Å². The number of rotatable bonds is 2. The molecule has 0 atom stereocenters. The number of aromatic hydroxyl groups is 2. The van der Waals surface area contributed by atoms with Crippen LogP contribution in [-0.2, 0) is 6.54 Å². The van der Waals surface area contributed by atoms with E-state index in [0.717, 1.165) is 12.1 Å². The Morgan fingerprint density at radius 1 is 0.906 bits per heavy atom. The Bertz CT molecular complexity index is 1370. The molecule has 0 saturated heterocycles. The molecular formula is C24H16N2O6. The van der Waals surface area contributed by atoms with Gasteiger partial charge in [0.05, 0.1) is 17.7 Å². The van der Waals surface area contributed by atoms with E-state index in [-0.39, 0.29) is 34.7 Å². The van der Waals surface area contributed by atoms with E-state index < -0.39 is 29.0 Å². The molecule has 1 aliphatic carbocycles. The average Bonchev–Trinajstić information content (AvgIpc) is 2.96. The van der Waals surface area contributed by atoms with Gasteiger partial charge >= 0.3 is 0 Å². The molecule has 0 fully saturated rings. The maximum atomic E-state index is 13.6. The predicted octanol–water partition coefficient (Wildman–Crippen LogP) is 2.89. The number of para-hydroxylation sites is 1. The zero-order valence-electron chi connectivity index (χ0n) is 16.5. The quantitative estimate of drug-likeness (QED) is 0.535. The molecule has 0 radical (unpaired) electrons. The van der Waals surface area contributed by atoms with Gasteiger partial charge in [-0.1, -0.05) is 24.3 Å². The Labute approximate surface area is 181 Å². The Kier molecular flexibility index (Phi) is 4.23. The number of fused-ring (bicyclic) bond motifs is 2. The smallest absolute Gasteiger partial charge is 0.248 e. The lowest BCUT2D eigenvalue weighted by Gasteiger charge is -2.29. The lowest BCUT2D eigenvalue weighted by Crippen LogP contribution is -2.34. The van der Waals surface area contributed by atoms with E-state index in [0.29, 0.717) is 17.0 Å². The largest absolute Gasteiger partial charge is 0.507 e. The van der Waals surface area contributed by atoms with Gasteiger partial charge in [0.1, 0.15) is 22.9 Å². The van der Waals surface area contributed by atoms with Crippen molar-refractivity contribution in [2.75, 3.05) is 4.90 Å². The topological polar surface area (TPSA) is 130 Å². The summed E-state index contributed by atoms with van der Waals surface area (Å²) >= 11 is 0. The number of phenolic OH excluding ortho intramolecular Hbond substituents is 2. The van der Waals surface area contributed by atoms with Crippen LogP contribution < -0.4 is 15.4 Å². The normalized spacial score (nSPS) is 14.8. The number of carbonyl (C=O) groups is 3. The highest BCUT2D eigenvalue weighted by Gasteiger charge is 2.42. The van der Waals surface area contributed by atoms with E-state index >= 15 is 0 Å². The fourth-order valence-corrected chi connectivity index (χ4v) is 3.96. The van der Waals surface area contributed by atoms with Crippen LogP contribution in [0.15, 0.2) is 72.1 Å². The monoisotopic (exact) mass is 428 g/mol. The van der Waals surface area contributed by atoms with E-state index in [1.165, 1.54) is 12.1 Å². The van der Waals surface area contributed by atoms with E-state index in [1.807, 2.05) is 0 Å². The molecule has 158 valence electrons. The maximum Gasteiger partial charge on any atom is 0.248 e. The Hall–Kier alpha value is -4.59. The summed E-state index contributed by atoms with van der Waals surface area (Å²) in [7, 11) is 0. The van der Waals surface area contributed by atoms with Crippen molar-refractivity contribution >= 4 is 23.2 Å². The number of amides is 1. The number of allylic oxidation sites excluding steroid dienone is 2. The van der Waals surface area contributed by atoms with Crippen molar-refractivity contribution in [2.24, 2.45) is 5.73 Å². The highest BCUT2D eigenvalue weighted by atomic mass is 16.5. The summed E-state index contributed by atoms with van der Waals surface area (Å²) in [6, 6.07) is 15.6. The van der Waals surface area contributed by atoms with Crippen LogP contribution in [0.5, 0.6) is 17.2 Å². The second-order valence-electron chi connectivity index (χ2n) is 7.40. The van der Waals surface area contributed by atoms with Gasteiger partial charge in [-0.25, -0.2) is 0 Å². The number of ketones is 2. The number of hydrogen-bond acceptors (Lipinski definition) is 7. The molecule has 3 aromatic rings. The van der Waals surface area contributed by atoms with Crippen LogP contribution in [0.3, 0.4) is 0 Å². The number of nitrogens with zero attached hydrogens (tertiary/aromatic N) is 1. The number of hydrogen-bond donors (Lipinski definition) is 3. The highest BCUT2D eigenvalue weighted by molar-refractivity contribution is 6.29. The van der Waals surface area contributed by atoms with Crippen LogP contribution in [0.1, 0.15) is 36.6 Å². The molecule has 0 aromatic heterocycles. The van der Waals surface area contributed by atoms with Crippen LogP contribution >= 0.6 is 0 Å². The number of nitrogens with two attached hydrogens (primary N) is 1. The van der Waals surface area contributed by atoms with Gasteiger partial charge in [-0.2, -0.15) is 0 Å². The zero-order chi connectivity index (χ0) is 22.6. The number of Topliss-reactive ketones (excluding diaryl/α,β-unsaturated/α-hetero) is 2. The predicted molar refractivity (Wildman–Crippen MR) is 114 cm³/mol. The molecule has 4 N–H and O–H groups in total. The van der Waals surface area contributed by atoms with Crippen molar-refractivity contribution in [1.29, 1.82) is 0 Å². The summed E-state index contributed by atoms with van der Waals surface area (Å²) in [4.78, 5) is 40.2. The van der Waals surface area contributed by atoms with E-state index in [9.17, 15) is 24.6 Å². The molecule has 32 heavy (non-hydrogen) atoms. The van der Waals surface area contributed by atoms with Gasteiger partial charge in [-0.15, -0.1) is 0 Å². The molecule has 5 rings (SSSR count).